The van der Waals surface area contributed by atoms with Crippen molar-refractivity contribution in [1.82, 2.24) is 9.97 Å². The highest BCUT2D eigenvalue weighted by atomic mass is 35.5. The van der Waals surface area contributed by atoms with E-state index >= 15 is 0 Å². The zero-order chi connectivity index (χ0) is 20.1. The molecule has 2 aromatic carbocycles. The molecule has 0 amide bonds. The van der Waals surface area contributed by atoms with Crippen molar-refractivity contribution in [1.29, 1.82) is 0 Å². The summed E-state index contributed by atoms with van der Waals surface area (Å²) in [6.45, 7) is 0.382. The first-order chi connectivity index (χ1) is 13.4. The van der Waals surface area contributed by atoms with Gasteiger partial charge in [0.1, 0.15) is 18.1 Å². The highest BCUT2D eigenvalue weighted by Gasteiger charge is 2.18. The highest BCUT2D eigenvalue weighted by molar-refractivity contribution is 6.30. The van der Waals surface area contributed by atoms with Gasteiger partial charge in [0.05, 0.1) is 4.92 Å². The molecule has 0 saturated heterocycles. The molecule has 1 aromatic heterocycles. The topological polar surface area (TPSA) is 118 Å². The van der Waals surface area contributed by atoms with E-state index in [1.165, 1.54) is 6.08 Å². The number of aromatic nitrogens is 2. The predicted octanol–water partition coefficient (Wildman–Crippen LogP) is 3.37. The molecule has 0 spiro atoms. The number of hydrogen-bond acceptors (Lipinski definition) is 5. The molecule has 0 aliphatic carbocycles. The lowest BCUT2D eigenvalue weighted by Crippen LogP contribution is -2.25. The van der Waals surface area contributed by atoms with Gasteiger partial charge in [-0.2, -0.15) is 0 Å². The van der Waals surface area contributed by atoms with Gasteiger partial charge in [0, 0.05) is 5.02 Å². The van der Waals surface area contributed by atoms with E-state index in [9.17, 15) is 19.7 Å². The average molecular weight is 400 g/mol. The Morgan fingerprint density at radius 3 is 2.32 bits per heavy atom. The fraction of sp³-hybridized carbons (Fsp3) is 0.0526. The summed E-state index contributed by atoms with van der Waals surface area (Å²) < 4.78 is 5.68. The minimum atomic E-state index is -1.06. The minimum Gasteiger partial charge on any atom is -0.489 e. The smallest absolute Gasteiger partial charge is 0.357 e. The molecular formula is C19H14ClN3O5. The van der Waals surface area contributed by atoms with Gasteiger partial charge in [-0.1, -0.05) is 41.9 Å². The molecule has 8 nitrogen and oxygen atoms in total. The number of nitro groups is 1. The van der Waals surface area contributed by atoms with Crippen molar-refractivity contribution in [2.45, 2.75) is 6.61 Å². The molecule has 0 atom stereocenters. The van der Waals surface area contributed by atoms with Crippen LogP contribution in [0.2, 0.25) is 5.02 Å². The van der Waals surface area contributed by atoms with Crippen LogP contribution in [0.5, 0.6) is 5.75 Å². The van der Waals surface area contributed by atoms with Crippen LogP contribution in [-0.2, 0) is 6.61 Å². The maximum absolute atomic E-state index is 11.6. The normalized spacial score (nSPS) is 10.9. The maximum atomic E-state index is 11.6. The second kappa shape index (κ2) is 8.36. The van der Waals surface area contributed by atoms with Gasteiger partial charge in [0.15, 0.2) is 0 Å². The van der Waals surface area contributed by atoms with E-state index < -0.39 is 21.9 Å². The van der Waals surface area contributed by atoms with Crippen LogP contribution in [0, 0.1) is 10.1 Å². The van der Waals surface area contributed by atoms with Crippen LogP contribution in [0.25, 0.3) is 12.2 Å². The number of nitrogens with zero attached hydrogens (tertiary/aromatic N) is 1. The SMILES string of the molecule is O=c1[nH]c(/C=C/c2ccc(OCc3ccc(Cl)cc3)cc2)c([N+](=O)[O-])c(=O)[nH]1. The Morgan fingerprint density at radius 2 is 1.68 bits per heavy atom. The number of nitrogens with one attached hydrogen (secondary N) is 2. The van der Waals surface area contributed by atoms with E-state index in [2.05, 4.69) is 4.98 Å². The van der Waals surface area contributed by atoms with Crippen molar-refractivity contribution < 1.29 is 9.66 Å². The lowest BCUT2D eigenvalue weighted by Gasteiger charge is -2.06. The van der Waals surface area contributed by atoms with Gasteiger partial charge in [-0.15, -0.1) is 0 Å². The Hall–Kier alpha value is -3.65. The van der Waals surface area contributed by atoms with Crippen molar-refractivity contribution in [2.24, 2.45) is 0 Å². The molecule has 0 aliphatic heterocycles. The molecule has 142 valence electrons. The zero-order valence-corrected chi connectivity index (χ0v) is 15.1. The molecule has 2 N–H and O–H groups in total. The fourth-order valence-corrected chi connectivity index (χ4v) is 2.53. The van der Waals surface area contributed by atoms with Crippen molar-refractivity contribution >= 4 is 29.4 Å². The Balaban J connectivity index is 1.72. The third-order valence-electron chi connectivity index (χ3n) is 3.77. The van der Waals surface area contributed by atoms with E-state index in [0.717, 1.165) is 5.56 Å². The number of rotatable bonds is 6. The summed E-state index contributed by atoms with van der Waals surface area (Å²) in [6, 6.07) is 14.3. The second-order valence-electron chi connectivity index (χ2n) is 5.75. The first-order valence-electron chi connectivity index (χ1n) is 8.09. The van der Waals surface area contributed by atoms with Gasteiger partial charge in [-0.3, -0.25) is 19.9 Å². The van der Waals surface area contributed by atoms with Gasteiger partial charge >= 0.3 is 16.9 Å². The lowest BCUT2D eigenvalue weighted by atomic mass is 10.2. The van der Waals surface area contributed by atoms with Crippen LogP contribution >= 0.6 is 11.6 Å². The van der Waals surface area contributed by atoms with Crippen LogP contribution in [0.1, 0.15) is 16.8 Å². The fourth-order valence-electron chi connectivity index (χ4n) is 2.40. The standard InChI is InChI=1S/C19H14ClN3O5/c20-14-6-1-13(2-7-14)11-28-15-8-3-12(4-9-15)5-10-16-17(23(26)27)18(24)22-19(25)21-16/h1-10H,11H2,(H2,21,22,24,25)/b10-5+. The molecule has 0 aliphatic rings. The number of H-pyrrole nitrogens is 2. The average Bonchev–Trinajstić information content (AvgIpc) is 2.66. The van der Waals surface area contributed by atoms with Gasteiger partial charge < -0.3 is 9.72 Å². The molecule has 0 fully saturated rings. The summed E-state index contributed by atoms with van der Waals surface area (Å²) in [4.78, 5) is 37.2. The van der Waals surface area contributed by atoms with Crippen LogP contribution in [0.3, 0.4) is 0 Å². The van der Waals surface area contributed by atoms with Crippen molar-refractivity contribution in [3.63, 3.8) is 0 Å². The molecule has 9 heteroatoms. The maximum Gasteiger partial charge on any atom is 0.357 e. The van der Waals surface area contributed by atoms with Crippen molar-refractivity contribution in [3.8, 4) is 5.75 Å². The summed E-state index contributed by atoms with van der Waals surface area (Å²) in [7, 11) is 0. The van der Waals surface area contributed by atoms with Gasteiger partial charge in [-0.25, -0.2) is 4.79 Å². The summed E-state index contributed by atoms with van der Waals surface area (Å²) >= 11 is 5.84. The van der Waals surface area contributed by atoms with Crippen LogP contribution < -0.4 is 16.0 Å². The molecule has 0 unspecified atom stereocenters. The first kappa shape index (κ1) is 19.1. The molecular weight excluding hydrogens is 386 g/mol. The largest absolute Gasteiger partial charge is 0.489 e. The van der Waals surface area contributed by atoms with Gasteiger partial charge in [0.2, 0.25) is 0 Å². The minimum absolute atomic E-state index is 0.179. The third-order valence-corrected chi connectivity index (χ3v) is 4.02. The Morgan fingerprint density at radius 1 is 1.00 bits per heavy atom. The zero-order valence-electron chi connectivity index (χ0n) is 14.3. The second-order valence-corrected chi connectivity index (χ2v) is 6.18. The summed E-state index contributed by atoms with van der Waals surface area (Å²) in [6.07, 6.45) is 2.85. The summed E-state index contributed by atoms with van der Waals surface area (Å²) in [5.74, 6) is 0.641. The summed E-state index contributed by atoms with van der Waals surface area (Å²) in [5.41, 5.74) is -1.10. The predicted molar refractivity (Wildman–Crippen MR) is 105 cm³/mol. The van der Waals surface area contributed by atoms with E-state index in [1.807, 2.05) is 17.1 Å². The summed E-state index contributed by atoms with van der Waals surface area (Å²) in [5, 5.41) is 11.7. The Bertz CT molecular complexity index is 1130. The van der Waals surface area contributed by atoms with Crippen LogP contribution in [0.15, 0.2) is 58.1 Å². The molecule has 28 heavy (non-hydrogen) atoms. The van der Waals surface area contributed by atoms with E-state index in [-0.39, 0.29) is 5.69 Å². The first-order valence-corrected chi connectivity index (χ1v) is 8.46. The Kier molecular flexibility index (Phi) is 5.71. The molecule has 3 rings (SSSR count). The van der Waals surface area contributed by atoms with Crippen molar-refractivity contribution in [2.75, 3.05) is 0 Å². The lowest BCUT2D eigenvalue weighted by molar-refractivity contribution is -0.386. The monoisotopic (exact) mass is 399 g/mol. The van der Waals surface area contributed by atoms with Gasteiger partial charge in [0.25, 0.3) is 0 Å². The third kappa shape index (κ3) is 4.74. The molecule has 0 saturated carbocycles. The molecule has 0 bridgehead atoms. The van der Waals surface area contributed by atoms with E-state index in [1.54, 1.807) is 42.5 Å². The van der Waals surface area contributed by atoms with E-state index in [0.29, 0.717) is 22.9 Å². The van der Waals surface area contributed by atoms with E-state index in [4.69, 9.17) is 16.3 Å². The highest BCUT2D eigenvalue weighted by Crippen LogP contribution is 2.18. The molecule has 3 aromatic rings. The van der Waals surface area contributed by atoms with Crippen LogP contribution in [0.4, 0.5) is 5.69 Å². The quantitative estimate of drug-likeness (QED) is 0.486. The number of aromatic amines is 2. The number of hydrogen-bond donors (Lipinski definition) is 2. The Labute approximate surface area is 163 Å². The number of ether oxygens (including phenoxy) is 1. The van der Waals surface area contributed by atoms with Crippen molar-refractivity contribution in [3.05, 3.63) is 101 Å². The molecule has 1 heterocycles. The van der Waals surface area contributed by atoms with Crippen LogP contribution in [-0.4, -0.2) is 14.9 Å². The number of benzene rings is 2. The number of halogens is 1. The molecule has 0 radical (unpaired) electrons. The van der Waals surface area contributed by atoms with Gasteiger partial charge in [-0.05, 0) is 41.5 Å².